The number of nitrogens with zero attached hydrogens (tertiary/aromatic N) is 4. The quantitative estimate of drug-likeness (QED) is 0.562. The lowest BCUT2D eigenvalue weighted by atomic mass is 10.1. The predicted octanol–water partition coefficient (Wildman–Crippen LogP) is 1.54. The van der Waals surface area contributed by atoms with Crippen molar-refractivity contribution in [2.75, 3.05) is 24.0 Å². The molecule has 0 aliphatic carbocycles. The maximum atomic E-state index is 13.3. The van der Waals surface area contributed by atoms with Crippen LogP contribution in [-0.4, -0.2) is 41.7 Å². The number of benzene rings is 2. The Morgan fingerprint density at radius 3 is 2.22 bits per heavy atom. The van der Waals surface area contributed by atoms with Gasteiger partial charge >= 0.3 is 12.0 Å². The largest absolute Gasteiger partial charge is 0.478 e. The average molecular weight is 486 g/mol. The third-order valence-corrected chi connectivity index (χ3v) is 5.79. The molecule has 3 N–H and O–H groups in total. The summed E-state index contributed by atoms with van der Waals surface area (Å²) in [5.74, 6) is -1.69. The van der Waals surface area contributed by atoms with Crippen molar-refractivity contribution in [3.05, 3.63) is 97.9 Å². The minimum atomic E-state index is -1.12. The number of aromatic carboxylic acids is 1. The van der Waals surface area contributed by atoms with E-state index in [9.17, 15) is 19.2 Å². The van der Waals surface area contributed by atoms with E-state index in [2.05, 4.69) is 5.10 Å². The fraction of sp³-hybridized carbons (Fsp3) is 0.115. The van der Waals surface area contributed by atoms with Gasteiger partial charge < -0.3 is 15.7 Å². The normalized spacial score (nSPS) is 13.1. The third kappa shape index (κ3) is 4.27. The molecule has 2 amide bonds. The van der Waals surface area contributed by atoms with Gasteiger partial charge in [0.25, 0.3) is 11.5 Å². The Labute approximate surface area is 205 Å². The van der Waals surface area contributed by atoms with Crippen LogP contribution in [0.5, 0.6) is 0 Å². The van der Waals surface area contributed by atoms with E-state index < -0.39 is 23.5 Å². The maximum absolute atomic E-state index is 13.3. The molecule has 10 heteroatoms. The molecule has 1 aliphatic heterocycles. The van der Waals surface area contributed by atoms with Gasteiger partial charge in [0.15, 0.2) is 5.49 Å². The second-order valence-electron chi connectivity index (χ2n) is 8.30. The molecule has 0 fully saturated rings. The van der Waals surface area contributed by atoms with E-state index in [1.54, 1.807) is 19.1 Å². The molecule has 0 saturated heterocycles. The Hall–Kier alpha value is -4.99. The molecule has 0 atom stereocenters. The SMILES string of the molecule is Cc1c2c(n(C(N)=O)c(=O)/c1=C\C=Cc1ccc(N(C)C)cc1)=NN(c1ccc(C(=O)O)cc1)C2=O. The van der Waals surface area contributed by atoms with Crippen LogP contribution < -0.4 is 31.9 Å². The predicted molar refractivity (Wildman–Crippen MR) is 136 cm³/mol. The van der Waals surface area contributed by atoms with E-state index in [0.717, 1.165) is 16.3 Å². The molecular weight excluding hydrogens is 462 g/mol. The van der Waals surface area contributed by atoms with E-state index in [1.807, 2.05) is 43.3 Å². The standard InChI is InChI=1S/C26H23N5O5/c1-15-20(6-4-5-16-7-11-18(12-8-16)29(2)3)23(32)30(26(27)36)22-21(15)24(33)31(28-22)19-13-9-17(10-14-19)25(34)35/h4-14H,1-3H3,(H2,27,36)(H,34,35)/b5-4?,20-6-. The molecule has 0 bridgehead atoms. The number of rotatable bonds is 5. The number of carbonyl (C=O) groups excluding carboxylic acids is 2. The number of carbonyl (C=O) groups is 3. The molecule has 36 heavy (non-hydrogen) atoms. The zero-order valence-electron chi connectivity index (χ0n) is 19.8. The number of fused-ring (bicyclic) bond motifs is 1. The van der Waals surface area contributed by atoms with Crippen LogP contribution in [0.1, 0.15) is 31.8 Å². The van der Waals surface area contributed by atoms with Gasteiger partial charge in [-0.25, -0.2) is 14.2 Å². The topological polar surface area (TPSA) is 138 Å². The number of pyridine rings is 1. The molecule has 0 spiro atoms. The minimum Gasteiger partial charge on any atom is -0.478 e. The van der Waals surface area contributed by atoms with E-state index in [0.29, 0.717) is 10.1 Å². The van der Waals surface area contributed by atoms with Crippen LogP contribution in [0.25, 0.3) is 12.2 Å². The Morgan fingerprint density at radius 2 is 1.67 bits per heavy atom. The number of anilines is 2. The molecule has 3 aromatic rings. The van der Waals surface area contributed by atoms with Crippen LogP contribution in [0.3, 0.4) is 0 Å². The molecule has 0 unspecified atom stereocenters. The highest BCUT2D eigenvalue weighted by atomic mass is 16.4. The van der Waals surface area contributed by atoms with Crippen molar-refractivity contribution in [1.82, 2.24) is 4.57 Å². The number of carboxylic acid groups (broad SMARTS) is 1. The van der Waals surface area contributed by atoms with E-state index in [4.69, 9.17) is 10.8 Å². The number of aromatic nitrogens is 1. The highest BCUT2D eigenvalue weighted by Gasteiger charge is 2.31. The van der Waals surface area contributed by atoms with Crippen molar-refractivity contribution >= 4 is 41.4 Å². The van der Waals surface area contributed by atoms with Gasteiger partial charge in [-0.3, -0.25) is 9.59 Å². The van der Waals surface area contributed by atoms with Gasteiger partial charge in [0.2, 0.25) is 0 Å². The first-order valence-corrected chi connectivity index (χ1v) is 10.9. The third-order valence-electron chi connectivity index (χ3n) is 5.79. The highest BCUT2D eigenvalue weighted by molar-refractivity contribution is 6.08. The Kier molecular flexibility index (Phi) is 6.26. The van der Waals surface area contributed by atoms with Gasteiger partial charge in [-0.2, -0.15) is 5.01 Å². The average Bonchev–Trinajstić information content (AvgIpc) is 3.18. The van der Waals surface area contributed by atoms with E-state index >= 15 is 0 Å². The molecule has 2 heterocycles. The fourth-order valence-corrected chi connectivity index (χ4v) is 3.85. The number of amides is 2. The monoisotopic (exact) mass is 485 g/mol. The molecule has 4 rings (SSSR count). The van der Waals surface area contributed by atoms with Gasteiger partial charge in [-0.05, 0) is 60.5 Å². The Balaban J connectivity index is 1.80. The second kappa shape index (κ2) is 9.34. The van der Waals surface area contributed by atoms with Crippen LogP contribution in [0, 0.1) is 6.92 Å². The van der Waals surface area contributed by atoms with Gasteiger partial charge in [0.05, 0.1) is 16.8 Å². The Morgan fingerprint density at radius 1 is 1.03 bits per heavy atom. The van der Waals surface area contributed by atoms with E-state index in [-0.39, 0.29) is 27.5 Å². The lowest BCUT2D eigenvalue weighted by molar-refractivity contribution is 0.0696. The van der Waals surface area contributed by atoms with Gasteiger partial charge in [-0.1, -0.05) is 24.3 Å². The van der Waals surface area contributed by atoms with Crippen molar-refractivity contribution in [1.29, 1.82) is 0 Å². The number of hydrogen-bond donors (Lipinski definition) is 2. The van der Waals surface area contributed by atoms with Crippen LogP contribution in [0.15, 0.2) is 64.5 Å². The smallest absolute Gasteiger partial charge is 0.335 e. The maximum Gasteiger partial charge on any atom is 0.335 e. The van der Waals surface area contributed by atoms with Gasteiger partial charge in [0, 0.05) is 25.0 Å². The molecular formula is C26H23N5O5. The second-order valence-corrected chi connectivity index (χ2v) is 8.30. The van der Waals surface area contributed by atoms with Crippen LogP contribution in [-0.2, 0) is 0 Å². The lowest BCUT2D eigenvalue weighted by Gasteiger charge is -2.12. The van der Waals surface area contributed by atoms with Crippen molar-refractivity contribution in [3.63, 3.8) is 0 Å². The zero-order valence-corrected chi connectivity index (χ0v) is 19.8. The summed E-state index contributed by atoms with van der Waals surface area (Å²) in [6.45, 7) is 1.60. The molecule has 1 aromatic heterocycles. The summed E-state index contributed by atoms with van der Waals surface area (Å²) < 4.78 is 0.664. The molecule has 0 radical (unpaired) electrons. The number of carboxylic acids is 1. The molecule has 182 valence electrons. The van der Waals surface area contributed by atoms with Crippen LogP contribution >= 0.6 is 0 Å². The summed E-state index contributed by atoms with van der Waals surface area (Å²) in [4.78, 5) is 51.7. The van der Waals surface area contributed by atoms with E-state index in [1.165, 1.54) is 30.3 Å². The first-order valence-electron chi connectivity index (χ1n) is 10.9. The first-order chi connectivity index (χ1) is 17.1. The van der Waals surface area contributed by atoms with Crippen molar-refractivity contribution in [3.8, 4) is 0 Å². The molecule has 0 saturated carbocycles. The summed E-state index contributed by atoms with van der Waals surface area (Å²) in [5.41, 5.74) is 7.26. The summed E-state index contributed by atoms with van der Waals surface area (Å²) >= 11 is 0. The number of primary amides is 1. The van der Waals surface area contributed by atoms with Crippen molar-refractivity contribution < 1.29 is 19.5 Å². The number of allylic oxidation sites excluding steroid dienone is 1. The number of hydrogen-bond acceptors (Lipinski definition) is 6. The van der Waals surface area contributed by atoms with Crippen LogP contribution in [0.2, 0.25) is 0 Å². The molecule has 2 aromatic carbocycles. The first kappa shape index (κ1) is 24.1. The lowest BCUT2D eigenvalue weighted by Crippen LogP contribution is -2.50. The molecule has 1 aliphatic rings. The van der Waals surface area contributed by atoms with Crippen LogP contribution in [0.4, 0.5) is 16.2 Å². The fourth-order valence-electron chi connectivity index (χ4n) is 3.85. The summed E-state index contributed by atoms with van der Waals surface area (Å²) in [6.07, 6.45) is 4.97. The van der Waals surface area contributed by atoms with Gasteiger partial charge in [0.1, 0.15) is 0 Å². The van der Waals surface area contributed by atoms with Gasteiger partial charge in [-0.15, -0.1) is 5.10 Å². The Bertz CT molecular complexity index is 1600. The molecule has 10 nitrogen and oxygen atoms in total. The highest BCUT2D eigenvalue weighted by Crippen LogP contribution is 2.21. The summed E-state index contributed by atoms with van der Waals surface area (Å²) in [7, 11) is 3.89. The summed E-state index contributed by atoms with van der Waals surface area (Å²) in [5, 5.41) is 14.4. The van der Waals surface area contributed by atoms with Crippen molar-refractivity contribution in [2.24, 2.45) is 10.8 Å². The van der Waals surface area contributed by atoms with Crippen molar-refractivity contribution in [2.45, 2.75) is 6.92 Å². The summed E-state index contributed by atoms with van der Waals surface area (Å²) in [6, 6.07) is 12.2. The minimum absolute atomic E-state index is 0.0353. The number of nitrogens with two attached hydrogens (primary N) is 1. The zero-order chi connectivity index (χ0) is 26.1.